The molecule has 0 saturated carbocycles. The Morgan fingerprint density at radius 1 is 0.971 bits per heavy atom. The van der Waals surface area contributed by atoms with Crippen molar-refractivity contribution in [3.63, 3.8) is 0 Å². The standard InChI is InChI=1S/C27H29NO7/c1-13-18(28(3)4)9-10-19(34-13)15-7-8-16-21(23(15)30)24(31)17-6-5-14-11-27(2,33)12-20(29)35-26(14)22(17)25(16)32/h5-8,13,18-19,30,33H,9-12H2,1-4H3/t13-,18-,19+,27+/m0/s1. The van der Waals surface area contributed by atoms with Crippen molar-refractivity contribution in [3.8, 4) is 11.5 Å². The number of phenols is 1. The highest BCUT2D eigenvalue weighted by Gasteiger charge is 2.41. The third-order valence-electron chi connectivity index (χ3n) is 7.36. The van der Waals surface area contributed by atoms with Crippen LogP contribution in [-0.4, -0.2) is 64.5 Å². The summed E-state index contributed by atoms with van der Waals surface area (Å²) >= 11 is 0. The maximum Gasteiger partial charge on any atom is 0.314 e. The van der Waals surface area contributed by atoms with Crippen LogP contribution < -0.4 is 4.74 Å². The van der Waals surface area contributed by atoms with Crippen LogP contribution in [0.3, 0.4) is 0 Å². The molecule has 1 aliphatic carbocycles. The van der Waals surface area contributed by atoms with Gasteiger partial charge in [-0.2, -0.15) is 0 Å². The normalized spacial score (nSPS) is 28.2. The van der Waals surface area contributed by atoms with E-state index in [1.165, 1.54) is 19.1 Å². The van der Waals surface area contributed by atoms with E-state index in [1.807, 2.05) is 21.0 Å². The molecule has 5 rings (SSSR count). The van der Waals surface area contributed by atoms with Crippen LogP contribution in [-0.2, 0) is 16.0 Å². The van der Waals surface area contributed by atoms with Crippen molar-refractivity contribution in [1.29, 1.82) is 0 Å². The third-order valence-corrected chi connectivity index (χ3v) is 7.36. The largest absolute Gasteiger partial charge is 0.507 e. The first-order valence-corrected chi connectivity index (χ1v) is 11.8. The zero-order chi connectivity index (χ0) is 25.2. The van der Waals surface area contributed by atoms with Gasteiger partial charge in [0.1, 0.15) is 11.5 Å². The quantitative estimate of drug-likeness (QED) is 0.426. The monoisotopic (exact) mass is 479 g/mol. The second kappa shape index (κ2) is 8.26. The summed E-state index contributed by atoms with van der Waals surface area (Å²) in [5.74, 6) is -1.93. The molecular formula is C27H29NO7. The van der Waals surface area contributed by atoms with E-state index in [1.54, 1.807) is 12.1 Å². The van der Waals surface area contributed by atoms with Gasteiger partial charge in [0.2, 0.25) is 0 Å². The van der Waals surface area contributed by atoms with Crippen molar-refractivity contribution in [2.24, 2.45) is 0 Å². The lowest BCUT2D eigenvalue weighted by Gasteiger charge is -2.38. The van der Waals surface area contributed by atoms with Crippen LogP contribution in [0.25, 0.3) is 0 Å². The SMILES string of the molecule is C[C@@H]1O[C@@H](c2ccc3c(c2O)C(=O)c2ccc4c(c2C3=O)OC(=O)C[C@](C)(O)C4)CC[C@@H]1N(C)C. The van der Waals surface area contributed by atoms with Crippen LogP contribution in [0.1, 0.15) is 82.2 Å². The van der Waals surface area contributed by atoms with Gasteiger partial charge in [-0.1, -0.05) is 12.1 Å². The molecular weight excluding hydrogens is 450 g/mol. The Labute approximate surface area is 203 Å². The molecule has 3 aliphatic rings. The Morgan fingerprint density at radius 2 is 1.63 bits per heavy atom. The number of phenolic OH excluding ortho intramolecular Hbond substituents is 1. The maximum atomic E-state index is 13.6. The van der Waals surface area contributed by atoms with E-state index >= 15 is 0 Å². The number of carbonyl (C=O) groups is 3. The number of fused-ring (bicyclic) bond motifs is 4. The molecule has 35 heavy (non-hydrogen) atoms. The van der Waals surface area contributed by atoms with Crippen LogP contribution in [0.4, 0.5) is 0 Å². The molecule has 2 aliphatic heterocycles. The van der Waals surface area contributed by atoms with Crippen molar-refractivity contribution in [1.82, 2.24) is 4.90 Å². The second-order valence-corrected chi connectivity index (χ2v) is 10.3. The van der Waals surface area contributed by atoms with Gasteiger partial charge in [0, 0.05) is 29.2 Å². The van der Waals surface area contributed by atoms with Gasteiger partial charge in [-0.3, -0.25) is 14.4 Å². The number of nitrogens with zero attached hydrogens (tertiary/aromatic N) is 1. The highest BCUT2D eigenvalue weighted by Crippen LogP contribution is 2.44. The first-order valence-electron chi connectivity index (χ1n) is 11.8. The van der Waals surface area contributed by atoms with Crippen LogP contribution in [0.15, 0.2) is 24.3 Å². The molecule has 0 unspecified atom stereocenters. The van der Waals surface area contributed by atoms with Crippen molar-refractivity contribution < 1.29 is 34.1 Å². The molecule has 1 saturated heterocycles. The van der Waals surface area contributed by atoms with E-state index in [9.17, 15) is 24.6 Å². The number of aliphatic hydroxyl groups is 1. The van der Waals surface area contributed by atoms with Gasteiger partial charge < -0.3 is 24.6 Å². The molecule has 0 amide bonds. The van der Waals surface area contributed by atoms with Crippen molar-refractivity contribution in [2.45, 2.75) is 63.4 Å². The molecule has 0 radical (unpaired) electrons. The van der Waals surface area contributed by atoms with E-state index in [4.69, 9.17) is 9.47 Å². The zero-order valence-electron chi connectivity index (χ0n) is 20.3. The summed E-state index contributed by atoms with van der Waals surface area (Å²) in [5, 5.41) is 21.7. The van der Waals surface area contributed by atoms with Gasteiger partial charge >= 0.3 is 5.97 Å². The molecule has 8 nitrogen and oxygen atoms in total. The Hall–Kier alpha value is -3.07. The zero-order valence-corrected chi connectivity index (χ0v) is 20.3. The second-order valence-electron chi connectivity index (χ2n) is 10.3. The van der Waals surface area contributed by atoms with E-state index in [0.29, 0.717) is 17.5 Å². The number of ether oxygens (including phenoxy) is 2. The number of hydrogen-bond donors (Lipinski definition) is 2. The van der Waals surface area contributed by atoms with Gasteiger partial charge in [0.15, 0.2) is 11.6 Å². The lowest BCUT2D eigenvalue weighted by Crippen LogP contribution is -2.43. The number of benzene rings is 2. The summed E-state index contributed by atoms with van der Waals surface area (Å²) in [6.45, 7) is 3.52. The van der Waals surface area contributed by atoms with Crippen LogP contribution in [0.2, 0.25) is 0 Å². The molecule has 4 atom stereocenters. The molecule has 0 aromatic heterocycles. The Balaban J connectivity index is 1.56. The number of hydrogen-bond acceptors (Lipinski definition) is 8. The smallest absolute Gasteiger partial charge is 0.314 e. The molecule has 2 aromatic rings. The number of carbonyl (C=O) groups excluding carboxylic acids is 3. The van der Waals surface area contributed by atoms with Crippen LogP contribution in [0, 0.1) is 0 Å². The fourth-order valence-corrected chi connectivity index (χ4v) is 5.67. The molecule has 0 bridgehead atoms. The van der Waals surface area contributed by atoms with Crippen molar-refractivity contribution in [3.05, 3.63) is 57.6 Å². The Bertz CT molecular complexity index is 1260. The number of aromatic hydroxyl groups is 1. The highest BCUT2D eigenvalue weighted by molar-refractivity contribution is 6.30. The third kappa shape index (κ3) is 3.86. The number of rotatable bonds is 2. The van der Waals surface area contributed by atoms with Crippen molar-refractivity contribution in [2.75, 3.05) is 14.1 Å². The van der Waals surface area contributed by atoms with E-state index in [-0.39, 0.29) is 58.7 Å². The molecule has 2 heterocycles. The molecule has 2 aromatic carbocycles. The van der Waals surface area contributed by atoms with Gasteiger partial charge in [0.05, 0.1) is 35.4 Å². The minimum atomic E-state index is -1.33. The lowest BCUT2D eigenvalue weighted by atomic mass is 9.79. The van der Waals surface area contributed by atoms with Gasteiger partial charge in [-0.05, 0) is 58.5 Å². The van der Waals surface area contributed by atoms with E-state index in [2.05, 4.69) is 4.90 Å². The Kier molecular flexibility index (Phi) is 5.58. The molecule has 8 heteroatoms. The average Bonchev–Trinajstić information content (AvgIpc) is 2.89. The summed E-state index contributed by atoms with van der Waals surface area (Å²) in [5.41, 5.74) is -0.313. The first-order chi connectivity index (χ1) is 16.5. The van der Waals surface area contributed by atoms with Crippen LogP contribution in [0.5, 0.6) is 11.5 Å². The van der Waals surface area contributed by atoms with Gasteiger partial charge in [-0.15, -0.1) is 0 Å². The van der Waals surface area contributed by atoms with Gasteiger partial charge in [0.25, 0.3) is 0 Å². The van der Waals surface area contributed by atoms with E-state index in [0.717, 1.165) is 6.42 Å². The first kappa shape index (κ1) is 23.7. The predicted octanol–water partition coefficient (Wildman–Crippen LogP) is 2.94. The molecule has 0 spiro atoms. The Morgan fingerprint density at radius 3 is 2.31 bits per heavy atom. The number of esters is 1. The summed E-state index contributed by atoms with van der Waals surface area (Å²) in [7, 11) is 4.00. The lowest BCUT2D eigenvalue weighted by molar-refractivity contribution is -0.138. The predicted molar refractivity (Wildman–Crippen MR) is 126 cm³/mol. The number of ketones is 2. The maximum absolute atomic E-state index is 13.6. The molecule has 184 valence electrons. The molecule has 1 fully saturated rings. The fraction of sp³-hybridized carbons (Fsp3) is 0.444. The summed E-state index contributed by atoms with van der Waals surface area (Å²) < 4.78 is 11.6. The van der Waals surface area contributed by atoms with Crippen molar-refractivity contribution >= 4 is 17.5 Å². The van der Waals surface area contributed by atoms with E-state index < -0.39 is 29.2 Å². The minimum absolute atomic E-state index is 0.00503. The summed E-state index contributed by atoms with van der Waals surface area (Å²) in [4.78, 5) is 41.5. The minimum Gasteiger partial charge on any atom is -0.507 e. The van der Waals surface area contributed by atoms with Crippen LogP contribution >= 0.6 is 0 Å². The fourth-order valence-electron chi connectivity index (χ4n) is 5.67. The summed E-state index contributed by atoms with van der Waals surface area (Å²) in [6.07, 6.45) is 0.943. The number of likely N-dealkylation sites (N-methyl/N-ethyl adjacent to an activating group) is 1. The average molecular weight is 480 g/mol. The summed E-state index contributed by atoms with van der Waals surface area (Å²) in [6, 6.07) is 6.51. The van der Waals surface area contributed by atoms with Gasteiger partial charge in [-0.25, -0.2) is 0 Å². The highest BCUT2D eigenvalue weighted by atomic mass is 16.5. The topological polar surface area (TPSA) is 113 Å². The molecule has 2 N–H and O–H groups in total.